The second kappa shape index (κ2) is 10.7. The first-order valence-corrected chi connectivity index (χ1v) is 13.0. The molecule has 1 aromatic heterocycles. The lowest BCUT2D eigenvalue weighted by Crippen LogP contribution is -2.36. The van der Waals surface area contributed by atoms with E-state index in [4.69, 9.17) is 14.5 Å². The van der Waals surface area contributed by atoms with Gasteiger partial charge in [-0.2, -0.15) is 0 Å². The van der Waals surface area contributed by atoms with Crippen LogP contribution in [0.15, 0.2) is 46.3 Å². The number of aryl methyl sites for hydroxylation is 2. The van der Waals surface area contributed by atoms with E-state index in [9.17, 15) is 4.79 Å². The minimum atomic E-state index is -0.0699. The number of esters is 1. The van der Waals surface area contributed by atoms with Crippen molar-refractivity contribution in [1.29, 1.82) is 0 Å². The summed E-state index contributed by atoms with van der Waals surface area (Å²) >= 11 is 5.17. The van der Waals surface area contributed by atoms with Crippen LogP contribution in [0.2, 0.25) is 0 Å². The number of piperidine rings is 1. The predicted octanol–water partition coefficient (Wildman–Crippen LogP) is 6.55. The van der Waals surface area contributed by atoms with Crippen LogP contribution in [0, 0.1) is 19.8 Å². The molecular formula is C26H29BrN2O3S. The normalized spacial score (nSPS) is 14.4. The molecule has 1 fully saturated rings. The van der Waals surface area contributed by atoms with Crippen molar-refractivity contribution in [1.82, 2.24) is 4.98 Å². The highest BCUT2D eigenvalue weighted by molar-refractivity contribution is 9.10. The molecule has 0 aliphatic carbocycles. The van der Waals surface area contributed by atoms with Crippen LogP contribution in [-0.4, -0.2) is 30.6 Å². The van der Waals surface area contributed by atoms with Crippen LogP contribution in [0.5, 0.6) is 5.75 Å². The summed E-state index contributed by atoms with van der Waals surface area (Å²) in [5.74, 6) is 0.803. The number of rotatable bonds is 7. The van der Waals surface area contributed by atoms with Gasteiger partial charge in [0.1, 0.15) is 12.4 Å². The van der Waals surface area contributed by atoms with Crippen LogP contribution in [-0.2, 0) is 16.1 Å². The summed E-state index contributed by atoms with van der Waals surface area (Å²) < 4.78 is 12.6. The smallest absolute Gasteiger partial charge is 0.309 e. The molecule has 4 rings (SSSR count). The summed E-state index contributed by atoms with van der Waals surface area (Å²) in [6.07, 6.45) is 1.61. The van der Waals surface area contributed by atoms with Crippen molar-refractivity contribution in [2.45, 2.75) is 40.2 Å². The number of aromatic nitrogens is 1. The minimum Gasteiger partial charge on any atom is -0.488 e. The Hall–Kier alpha value is -2.38. The first-order chi connectivity index (χ1) is 16.0. The highest BCUT2D eigenvalue weighted by Crippen LogP contribution is 2.37. The zero-order valence-corrected chi connectivity index (χ0v) is 21.7. The van der Waals surface area contributed by atoms with Gasteiger partial charge in [0, 0.05) is 28.5 Å². The average molecular weight is 530 g/mol. The third-order valence-corrected chi connectivity index (χ3v) is 7.44. The molecule has 3 aromatic rings. The van der Waals surface area contributed by atoms with E-state index in [0.29, 0.717) is 13.2 Å². The number of halogens is 1. The Balaban J connectivity index is 1.48. The van der Waals surface area contributed by atoms with E-state index in [1.165, 1.54) is 5.56 Å². The Labute approximate surface area is 207 Å². The maximum atomic E-state index is 12.0. The highest BCUT2D eigenvalue weighted by Gasteiger charge is 2.27. The fourth-order valence-corrected chi connectivity index (χ4v) is 5.47. The van der Waals surface area contributed by atoms with E-state index in [1.54, 1.807) is 11.3 Å². The van der Waals surface area contributed by atoms with Gasteiger partial charge >= 0.3 is 5.97 Å². The molecular weight excluding hydrogens is 500 g/mol. The van der Waals surface area contributed by atoms with Gasteiger partial charge < -0.3 is 14.4 Å². The molecule has 174 valence electrons. The van der Waals surface area contributed by atoms with Gasteiger partial charge in [-0.05, 0) is 68.5 Å². The third kappa shape index (κ3) is 5.58. The molecule has 33 heavy (non-hydrogen) atoms. The number of carbonyl (C=O) groups excluding carboxylic acids is 1. The Morgan fingerprint density at radius 3 is 2.70 bits per heavy atom. The van der Waals surface area contributed by atoms with Gasteiger partial charge in [0.25, 0.3) is 0 Å². The Morgan fingerprint density at radius 1 is 1.18 bits per heavy atom. The summed E-state index contributed by atoms with van der Waals surface area (Å²) in [5.41, 5.74) is 5.38. The van der Waals surface area contributed by atoms with E-state index < -0.39 is 0 Å². The van der Waals surface area contributed by atoms with E-state index in [0.717, 1.165) is 63.7 Å². The SMILES string of the molecule is CCOC(=O)C1CCN(c2nc(-c3cccc(C)c3OCc3ccc(Br)cc3C)cs2)CC1. The van der Waals surface area contributed by atoms with E-state index in [1.807, 2.05) is 19.1 Å². The summed E-state index contributed by atoms with van der Waals surface area (Å²) in [5, 5.41) is 3.09. The zero-order valence-electron chi connectivity index (χ0n) is 19.3. The van der Waals surface area contributed by atoms with Gasteiger partial charge in [-0.25, -0.2) is 4.98 Å². The van der Waals surface area contributed by atoms with Crippen LogP contribution < -0.4 is 9.64 Å². The van der Waals surface area contributed by atoms with Gasteiger partial charge in [-0.1, -0.05) is 34.1 Å². The molecule has 1 aliphatic rings. The van der Waals surface area contributed by atoms with Crippen LogP contribution in [0.3, 0.4) is 0 Å². The minimum absolute atomic E-state index is 0.000486. The molecule has 0 atom stereocenters. The molecule has 0 unspecified atom stereocenters. The van der Waals surface area contributed by atoms with Crippen molar-refractivity contribution in [3.05, 3.63) is 62.9 Å². The monoisotopic (exact) mass is 528 g/mol. The number of thiazole rings is 1. The lowest BCUT2D eigenvalue weighted by atomic mass is 9.97. The molecule has 0 saturated carbocycles. The van der Waals surface area contributed by atoms with E-state index in [2.05, 4.69) is 64.3 Å². The summed E-state index contributed by atoms with van der Waals surface area (Å²) in [6.45, 7) is 8.60. The fraction of sp³-hybridized carbons (Fsp3) is 0.385. The molecule has 2 aromatic carbocycles. The second-order valence-electron chi connectivity index (χ2n) is 8.34. The Kier molecular flexibility index (Phi) is 7.71. The lowest BCUT2D eigenvalue weighted by molar-refractivity contribution is -0.148. The number of hydrogen-bond acceptors (Lipinski definition) is 6. The number of hydrogen-bond donors (Lipinski definition) is 0. The molecule has 2 heterocycles. The molecule has 0 N–H and O–H groups in total. The topological polar surface area (TPSA) is 51.7 Å². The van der Waals surface area contributed by atoms with E-state index in [-0.39, 0.29) is 11.9 Å². The molecule has 1 aliphatic heterocycles. The number of nitrogens with zero attached hydrogens (tertiary/aromatic N) is 2. The molecule has 0 spiro atoms. The molecule has 5 nitrogen and oxygen atoms in total. The lowest BCUT2D eigenvalue weighted by Gasteiger charge is -2.30. The molecule has 0 amide bonds. The Bertz CT molecular complexity index is 1120. The van der Waals surface area contributed by atoms with Crippen LogP contribution >= 0.6 is 27.3 Å². The van der Waals surface area contributed by atoms with Crippen molar-refractivity contribution >= 4 is 38.4 Å². The van der Waals surface area contributed by atoms with Crippen molar-refractivity contribution in [2.24, 2.45) is 5.92 Å². The van der Waals surface area contributed by atoms with Gasteiger partial charge in [0.05, 0.1) is 18.2 Å². The van der Waals surface area contributed by atoms with Crippen molar-refractivity contribution in [3.8, 4) is 17.0 Å². The predicted molar refractivity (Wildman–Crippen MR) is 137 cm³/mol. The van der Waals surface area contributed by atoms with Crippen LogP contribution in [0.4, 0.5) is 5.13 Å². The molecule has 0 radical (unpaired) electrons. The standard InChI is InChI=1S/C26H29BrN2O3S/c1-4-31-25(30)19-10-12-29(13-11-19)26-28-23(16-33-26)22-7-5-6-17(2)24(22)32-15-20-8-9-21(27)14-18(20)3/h5-9,14,16,19H,4,10-13,15H2,1-3H3. The largest absolute Gasteiger partial charge is 0.488 e. The van der Waals surface area contributed by atoms with Gasteiger partial charge in [0.2, 0.25) is 0 Å². The summed E-state index contributed by atoms with van der Waals surface area (Å²) in [6, 6.07) is 12.4. The van der Waals surface area contributed by atoms with Gasteiger partial charge in [-0.15, -0.1) is 11.3 Å². The first-order valence-electron chi connectivity index (χ1n) is 11.3. The summed E-state index contributed by atoms with van der Waals surface area (Å²) in [7, 11) is 0. The van der Waals surface area contributed by atoms with Crippen LogP contribution in [0.25, 0.3) is 11.3 Å². The second-order valence-corrected chi connectivity index (χ2v) is 10.1. The number of ether oxygens (including phenoxy) is 2. The first kappa shape index (κ1) is 23.8. The van der Waals surface area contributed by atoms with Crippen molar-refractivity contribution < 1.29 is 14.3 Å². The highest BCUT2D eigenvalue weighted by atomic mass is 79.9. The molecule has 7 heteroatoms. The van der Waals surface area contributed by atoms with Gasteiger partial charge in [-0.3, -0.25) is 4.79 Å². The average Bonchev–Trinajstić information content (AvgIpc) is 3.29. The maximum absolute atomic E-state index is 12.0. The zero-order chi connectivity index (χ0) is 23.4. The quantitative estimate of drug-likeness (QED) is 0.325. The summed E-state index contributed by atoms with van der Waals surface area (Å²) in [4.78, 5) is 19.2. The number of anilines is 1. The molecule has 1 saturated heterocycles. The third-order valence-electron chi connectivity index (χ3n) is 6.04. The van der Waals surface area contributed by atoms with Crippen molar-refractivity contribution in [2.75, 3.05) is 24.6 Å². The van der Waals surface area contributed by atoms with Crippen molar-refractivity contribution in [3.63, 3.8) is 0 Å². The molecule has 0 bridgehead atoms. The van der Waals surface area contributed by atoms with E-state index >= 15 is 0 Å². The Morgan fingerprint density at radius 2 is 1.97 bits per heavy atom. The fourth-order valence-electron chi connectivity index (χ4n) is 4.12. The number of para-hydroxylation sites is 1. The number of carbonyl (C=O) groups is 1. The maximum Gasteiger partial charge on any atom is 0.309 e. The number of benzene rings is 2. The van der Waals surface area contributed by atoms with Crippen LogP contribution in [0.1, 0.15) is 36.5 Å². The van der Waals surface area contributed by atoms with Gasteiger partial charge in [0.15, 0.2) is 5.13 Å².